The van der Waals surface area contributed by atoms with Gasteiger partial charge in [-0.15, -0.1) is 0 Å². The van der Waals surface area contributed by atoms with Gasteiger partial charge in [-0.05, 0) is 75.3 Å². The van der Waals surface area contributed by atoms with Crippen LogP contribution in [-0.2, 0) is 33.7 Å². The van der Waals surface area contributed by atoms with E-state index in [9.17, 15) is 19.8 Å². The molecule has 2 N–H and O–H groups in total. The highest BCUT2D eigenvalue weighted by molar-refractivity contribution is 5.78. The monoisotopic (exact) mass is 515 g/mol. The van der Waals surface area contributed by atoms with Gasteiger partial charge < -0.3 is 24.6 Å². The molecule has 7 heteroatoms. The molecule has 7 nitrogen and oxygen atoms in total. The van der Waals surface area contributed by atoms with Gasteiger partial charge in [0.1, 0.15) is 12.2 Å². The number of aliphatic hydroxyl groups is 1. The third-order valence-electron chi connectivity index (χ3n) is 8.43. The van der Waals surface area contributed by atoms with E-state index < -0.39 is 6.10 Å². The molecule has 206 valence electrons. The minimum absolute atomic E-state index is 0.125. The molecule has 1 amide bonds. The number of hydrogen-bond acceptors (Lipinski definition) is 6. The smallest absolute Gasteiger partial charge is 0.302 e. The predicted octanol–water partition coefficient (Wildman–Crippen LogP) is 5.20. The van der Waals surface area contributed by atoms with Crippen LogP contribution in [0.2, 0.25) is 0 Å². The Morgan fingerprint density at radius 1 is 1.16 bits per heavy atom. The first kappa shape index (κ1) is 27.7. The van der Waals surface area contributed by atoms with E-state index in [0.29, 0.717) is 56.9 Å². The number of carbonyl (C=O) groups is 2. The SMILES string of the molecule is CCCCC[C@H](O)C[C@@H](CCc1cc(CN2CCCC2=O)c(O)c2c1CC[C@H]1CCC[C@@H]1O2)OC(C)=O. The normalized spacial score (nSPS) is 22.7. The Balaban J connectivity index is 1.56. The fourth-order valence-corrected chi connectivity index (χ4v) is 6.42. The fourth-order valence-electron chi connectivity index (χ4n) is 6.42. The van der Waals surface area contributed by atoms with Crippen LogP contribution in [0, 0.1) is 5.92 Å². The number of fused-ring (bicyclic) bond motifs is 2. The predicted molar refractivity (Wildman–Crippen MR) is 141 cm³/mol. The van der Waals surface area contributed by atoms with E-state index >= 15 is 0 Å². The molecule has 0 aromatic heterocycles. The second kappa shape index (κ2) is 13.0. The third-order valence-corrected chi connectivity index (χ3v) is 8.43. The summed E-state index contributed by atoms with van der Waals surface area (Å²) in [6.07, 6.45) is 11.4. The fraction of sp³-hybridized carbons (Fsp3) is 0.733. The van der Waals surface area contributed by atoms with Crippen LogP contribution < -0.4 is 4.74 Å². The zero-order chi connectivity index (χ0) is 26.4. The van der Waals surface area contributed by atoms with Gasteiger partial charge in [0, 0.05) is 44.0 Å². The second-order valence-corrected chi connectivity index (χ2v) is 11.3. The Kier molecular flexibility index (Phi) is 9.74. The van der Waals surface area contributed by atoms with Gasteiger partial charge in [-0.2, -0.15) is 0 Å². The van der Waals surface area contributed by atoms with Crippen molar-refractivity contribution < 1.29 is 29.3 Å². The highest BCUT2D eigenvalue weighted by Crippen LogP contribution is 2.45. The number of unbranched alkanes of at least 4 members (excludes halogenated alkanes) is 2. The van der Waals surface area contributed by atoms with E-state index in [0.717, 1.165) is 74.5 Å². The average Bonchev–Trinajstić information content (AvgIpc) is 3.43. The van der Waals surface area contributed by atoms with Crippen molar-refractivity contribution in [1.29, 1.82) is 0 Å². The number of ether oxygens (including phenoxy) is 2. The molecule has 1 aliphatic carbocycles. The number of likely N-dealkylation sites (tertiary alicyclic amines) is 1. The van der Waals surface area contributed by atoms with Crippen molar-refractivity contribution in [1.82, 2.24) is 4.90 Å². The van der Waals surface area contributed by atoms with Gasteiger partial charge in [-0.1, -0.05) is 26.2 Å². The molecular formula is C30H45NO6. The summed E-state index contributed by atoms with van der Waals surface area (Å²) in [5, 5.41) is 21.9. The molecule has 3 aliphatic rings. The summed E-state index contributed by atoms with van der Waals surface area (Å²) >= 11 is 0. The lowest BCUT2D eigenvalue weighted by Gasteiger charge is -2.24. The van der Waals surface area contributed by atoms with Gasteiger partial charge >= 0.3 is 5.97 Å². The summed E-state index contributed by atoms with van der Waals surface area (Å²) < 4.78 is 12.1. The number of nitrogens with zero attached hydrogens (tertiary/aromatic N) is 1. The molecule has 1 saturated heterocycles. The van der Waals surface area contributed by atoms with E-state index in [1.165, 1.54) is 6.92 Å². The maximum absolute atomic E-state index is 12.3. The number of hydrogen-bond donors (Lipinski definition) is 2. The van der Waals surface area contributed by atoms with Crippen LogP contribution in [0.5, 0.6) is 11.5 Å². The molecule has 4 rings (SSSR count). The zero-order valence-electron chi connectivity index (χ0n) is 22.7. The van der Waals surface area contributed by atoms with Gasteiger partial charge in [0.2, 0.25) is 5.91 Å². The second-order valence-electron chi connectivity index (χ2n) is 11.3. The molecule has 1 saturated carbocycles. The molecule has 0 bridgehead atoms. The minimum Gasteiger partial charge on any atom is -0.504 e. The van der Waals surface area contributed by atoms with Gasteiger partial charge in [-0.3, -0.25) is 9.59 Å². The molecule has 1 aromatic carbocycles. The van der Waals surface area contributed by atoms with Crippen molar-refractivity contribution in [3.63, 3.8) is 0 Å². The highest BCUT2D eigenvalue weighted by atomic mass is 16.5. The number of rotatable bonds is 12. The van der Waals surface area contributed by atoms with Crippen molar-refractivity contribution in [2.75, 3.05) is 6.54 Å². The van der Waals surface area contributed by atoms with Crippen LogP contribution >= 0.6 is 0 Å². The summed E-state index contributed by atoms with van der Waals surface area (Å²) in [6, 6.07) is 2.03. The summed E-state index contributed by atoms with van der Waals surface area (Å²) in [7, 11) is 0. The van der Waals surface area contributed by atoms with Crippen LogP contribution in [0.15, 0.2) is 6.07 Å². The molecule has 2 fully saturated rings. The molecule has 2 aliphatic heterocycles. The van der Waals surface area contributed by atoms with Crippen molar-refractivity contribution in [3.05, 3.63) is 22.8 Å². The van der Waals surface area contributed by atoms with Crippen molar-refractivity contribution in [2.24, 2.45) is 5.92 Å². The van der Waals surface area contributed by atoms with E-state index in [4.69, 9.17) is 9.47 Å². The maximum atomic E-state index is 12.3. The molecule has 0 unspecified atom stereocenters. The third kappa shape index (κ3) is 7.18. The summed E-state index contributed by atoms with van der Waals surface area (Å²) in [5.74, 6) is 1.07. The van der Waals surface area contributed by atoms with Crippen LogP contribution in [-0.4, -0.2) is 51.8 Å². The zero-order valence-corrected chi connectivity index (χ0v) is 22.7. The van der Waals surface area contributed by atoms with Gasteiger partial charge in [0.25, 0.3) is 0 Å². The number of carbonyl (C=O) groups excluding carboxylic acids is 2. The lowest BCUT2D eigenvalue weighted by atomic mass is 9.90. The average molecular weight is 516 g/mol. The molecule has 1 aromatic rings. The topological polar surface area (TPSA) is 96.3 Å². The number of phenols is 1. The van der Waals surface area contributed by atoms with Crippen LogP contribution in [0.25, 0.3) is 0 Å². The number of aromatic hydroxyl groups is 1. The summed E-state index contributed by atoms with van der Waals surface area (Å²) in [5.41, 5.74) is 2.87. The Bertz CT molecular complexity index is 946. The number of aliphatic hydroxyl groups excluding tert-OH is 1. The van der Waals surface area contributed by atoms with E-state index in [-0.39, 0.29) is 29.8 Å². The quantitative estimate of drug-likeness (QED) is 0.293. The molecule has 0 spiro atoms. The van der Waals surface area contributed by atoms with Crippen molar-refractivity contribution in [2.45, 2.75) is 129 Å². The van der Waals surface area contributed by atoms with E-state index in [2.05, 4.69) is 6.92 Å². The van der Waals surface area contributed by atoms with Crippen LogP contribution in [0.3, 0.4) is 0 Å². The molecule has 37 heavy (non-hydrogen) atoms. The summed E-state index contributed by atoms with van der Waals surface area (Å²) in [6.45, 7) is 4.65. The Labute approximate surface area is 221 Å². The largest absolute Gasteiger partial charge is 0.504 e. The van der Waals surface area contributed by atoms with Crippen molar-refractivity contribution in [3.8, 4) is 11.5 Å². The van der Waals surface area contributed by atoms with Gasteiger partial charge in [0.15, 0.2) is 11.5 Å². The Morgan fingerprint density at radius 2 is 2.00 bits per heavy atom. The lowest BCUT2D eigenvalue weighted by Crippen LogP contribution is -2.25. The minimum atomic E-state index is -0.493. The van der Waals surface area contributed by atoms with Crippen molar-refractivity contribution >= 4 is 11.9 Å². The highest BCUT2D eigenvalue weighted by Gasteiger charge is 2.35. The van der Waals surface area contributed by atoms with Crippen LogP contribution in [0.4, 0.5) is 0 Å². The Hall–Kier alpha value is -2.28. The first-order valence-electron chi connectivity index (χ1n) is 14.5. The first-order valence-corrected chi connectivity index (χ1v) is 14.5. The molecule has 0 radical (unpaired) electrons. The van der Waals surface area contributed by atoms with Crippen LogP contribution in [0.1, 0.15) is 108 Å². The molecule has 4 atom stereocenters. The number of benzene rings is 1. The number of aryl methyl sites for hydroxylation is 1. The maximum Gasteiger partial charge on any atom is 0.302 e. The number of phenolic OH excluding ortho intramolecular Hbond substituents is 1. The van der Waals surface area contributed by atoms with Gasteiger partial charge in [-0.25, -0.2) is 0 Å². The summed E-state index contributed by atoms with van der Waals surface area (Å²) in [4.78, 5) is 26.0. The molecule has 2 heterocycles. The standard InChI is InChI=1S/C30H45NO6/c1-3-4-5-9-24(33)18-25(36-20(2)32)14-12-22-17-23(19-31-16-7-11-28(31)34)29(35)30-26(22)15-13-21-8-6-10-27(21)37-30/h17,21,24-25,27,33,35H,3-16,18-19H2,1-2H3/t21-,24+,25-,27+/m1/s1. The number of amides is 1. The Morgan fingerprint density at radius 3 is 2.73 bits per heavy atom. The van der Waals surface area contributed by atoms with E-state index in [1.807, 2.05) is 11.0 Å². The van der Waals surface area contributed by atoms with Gasteiger partial charge in [0.05, 0.1) is 6.10 Å². The number of esters is 1. The van der Waals surface area contributed by atoms with E-state index in [1.54, 1.807) is 0 Å². The molecular weight excluding hydrogens is 470 g/mol. The first-order chi connectivity index (χ1) is 17.9. The lowest BCUT2D eigenvalue weighted by molar-refractivity contribution is -0.148.